The Labute approximate surface area is 146 Å². The number of nitrogens with zero attached hydrogens (tertiary/aromatic N) is 3. The minimum absolute atomic E-state index is 0.200. The Bertz CT molecular complexity index is 827. The summed E-state index contributed by atoms with van der Waals surface area (Å²) in [6.07, 6.45) is 2.63. The lowest BCUT2D eigenvalue weighted by Gasteiger charge is -2.23. The SMILES string of the molecule is Nc1ncc(-c2cc3c(c(N4C[C@H]5CNC[C@H]5C4)c2)OCC3)c(N)n1. The molecular formula is C18H22N6O. The highest BCUT2D eigenvalue weighted by atomic mass is 16.5. The van der Waals surface area contributed by atoms with Crippen molar-refractivity contribution >= 4 is 17.5 Å². The summed E-state index contributed by atoms with van der Waals surface area (Å²) < 4.78 is 5.96. The first kappa shape index (κ1) is 14.8. The van der Waals surface area contributed by atoms with E-state index in [1.54, 1.807) is 6.20 Å². The van der Waals surface area contributed by atoms with Gasteiger partial charge in [-0.15, -0.1) is 0 Å². The maximum Gasteiger partial charge on any atom is 0.221 e. The van der Waals surface area contributed by atoms with E-state index in [0.717, 1.165) is 67.9 Å². The zero-order valence-corrected chi connectivity index (χ0v) is 14.0. The van der Waals surface area contributed by atoms with E-state index in [1.165, 1.54) is 11.3 Å². The highest BCUT2D eigenvalue weighted by Crippen LogP contribution is 2.43. The molecule has 0 amide bonds. The molecule has 2 fully saturated rings. The third-order valence-electron chi connectivity index (χ3n) is 5.64. The van der Waals surface area contributed by atoms with Gasteiger partial charge in [-0.2, -0.15) is 4.98 Å². The molecule has 0 bridgehead atoms. The summed E-state index contributed by atoms with van der Waals surface area (Å²) in [5, 5.41) is 3.50. The third kappa shape index (κ3) is 2.38. The van der Waals surface area contributed by atoms with Gasteiger partial charge in [0.05, 0.1) is 12.3 Å². The molecule has 130 valence electrons. The van der Waals surface area contributed by atoms with Crippen LogP contribution < -0.4 is 26.4 Å². The second kappa shape index (κ2) is 5.49. The highest BCUT2D eigenvalue weighted by Gasteiger charge is 2.37. The summed E-state index contributed by atoms with van der Waals surface area (Å²) >= 11 is 0. The molecule has 2 aromatic rings. The predicted molar refractivity (Wildman–Crippen MR) is 97.6 cm³/mol. The van der Waals surface area contributed by atoms with Crippen molar-refractivity contribution < 1.29 is 4.74 Å². The van der Waals surface area contributed by atoms with E-state index in [9.17, 15) is 0 Å². The van der Waals surface area contributed by atoms with Crippen LogP contribution in [-0.4, -0.2) is 42.8 Å². The molecule has 5 rings (SSSR count). The molecule has 0 unspecified atom stereocenters. The first-order valence-corrected chi connectivity index (χ1v) is 8.83. The fourth-order valence-electron chi connectivity index (χ4n) is 4.36. The summed E-state index contributed by atoms with van der Waals surface area (Å²) in [6.45, 7) is 5.11. The van der Waals surface area contributed by atoms with E-state index in [-0.39, 0.29) is 5.95 Å². The maximum absolute atomic E-state index is 6.09. The number of fused-ring (bicyclic) bond motifs is 2. The summed E-state index contributed by atoms with van der Waals surface area (Å²) in [5.74, 6) is 3.11. The molecule has 0 radical (unpaired) electrons. The van der Waals surface area contributed by atoms with Gasteiger partial charge in [-0.3, -0.25) is 0 Å². The molecular weight excluding hydrogens is 316 g/mol. The molecule has 1 aromatic heterocycles. The molecule has 7 heteroatoms. The number of benzene rings is 1. The average Bonchev–Trinajstić information content (AvgIpc) is 3.29. The van der Waals surface area contributed by atoms with Gasteiger partial charge in [0.25, 0.3) is 0 Å². The molecule has 25 heavy (non-hydrogen) atoms. The van der Waals surface area contributed by atoms with Gasteiger partial charge in [0.15, 0.2) is 0 Å². The number of hydrogen-bond acceptors (Lipinski definition) is 7. The number of aromatic nitrogens is 2. The van der Waals surface area contributed by atoms with Crippen molar-refractivity contribution in [3.8, 4) is 16.9 Å². The molecule has 0 saturated carbocycles. The first-order valence-electron chi connectivity index (χ1n) is 8.83. The standard InChI is InChI=1S/C18H22N6O/c19-17-14(7-22-18(20)23-17)11-3-10-1-2-25-16(10)15(4-11)24-8-12-5-21-6-13(12)9-24/h3-4,7,12-13,21H,1-2,5-6,8-9H2,(H4,19,20,22,23)/t12-,13+. The topological polar surface area (TPSA) is 102 Å². The van der Waals surface area contributed by atoms with Gasteiger partial charge in [0.2, 0.25) is 5.95 Å². The number of ether oxygens (including phenoxy) is 1. The van der Waals surface area contributed by atoms with Crippen molar-refractivity contribution in [2.75, 3.05) is 49.2 Å². The average molecular weight is 338 g/mol. The summed E-state index contributed by atoms with van der Waals surface area (Å²) in [4.78, 5) is 10.7. The zero-order valence-electron chi connectivity index (χ0n) is 14.0. The molecule has 0 spiro atoms. The molecule has 4 heterocycles. The molecule has 2 atom stereocenters. The van der Waals surface area contributed by atoms with E-state index in [0.29, 0.717) is 5.82 Å². The summed E-state index contributed by atoms with van der Waals surface area (Å²) in [7, 11) is 0. The van der Waals surface area contributed by atoms with Crippen molar-refractivity contribution in [3.05, 3.63) is 23.9 Å². The minimum Gasteiger partial charge on any atom is -0.491 e. The van der Waals surface area contributed by atoms with Gasteiger partial charge in [0.1, 0.15) is 11.6 Å². The largest absolute Gasteiger partial charge is 0.491 e. The van der Waals surface area contributed by atoms with Crippen LogP contribution in [-0.2, 0) is 6.42 Å². The van der Waals surface area contributed by atoms with E-state index >= 15 is 0 Å². The fourth-order valence-corrected chi connectivity index (χ4v) is 4.36. The number of rotatable bonds is 2. The predicted octanol–water partition coefficient (Wildman–Crippen LogP) is 0.898. The number of nitrogens with one attached hydrogen (secondary N) is 1. The van der Waals surface area contributed by atoms with Crippen molar-refractivity contribution in [1.29, 1.82) is 0 Å². The van der Waals surface area contributed by atoms with Crippen LogP contribution in [0.1, 0.15) is 5.56 Å². The van der Waals surface area contributed by atoms with E-state index in [2.05, 4.69) is 32.3 Å². The van der Waals surface area contributed by atoms with Crippen LogP contribution >= 0.6 is 0 Å². The lowest BCUT2D eigenvalue weighted by atomic mass is 10.0. The number of anilines is 3. The second-order valence-corrected chi connectivity index (χ2v) is 7.19. The molecule has 5 N–H and O–H groups in total. The number of hydrogen-bond donors (Lipinski definition) is 3. The van der Waals surface area contributed by atoms with Crippen LogP contribution in [0.3, 0.4) is 0 Å². The normalized spacial score (nSPS) is 24.2. The third-order valence-corrected chi connectivity index (χ3v) is 5.64. The molecule has 2 saturated heterocycles. The van der Waals surface area contributed by atoms with Crippen LogP contribution in [0.2, 0.25) is 0 Å². The van der Waals surface area contributed by atoms with Crippen molar-refractivity contribution in [3.63, 3.8) is 0 Å². The van der Waals surface area contributed by atoms with Gasteiger partial charge in [-0.25, -0.2) is 4.98 Å². The monoisotopic (exact) mass is 338 g/mol. The molecule has 7 nitrogen and oxygen atoms in total. The second-order valence-electron chi connectivity index (χ2n) is 7.19. The minimum atomic E-state index is 0.200. The lowest BCUT2D eigenvalue weighted by molar-refractivity contribution is 0.357. The van der Waals surface area contributed by atoms with Crippen LogP contribution in [0, 0.1) is 11.8 Å². The zero-order chi connectivity index (χ0) is 17.0. The molecule has 1 aromatic carbocycles. The van der Waals surface area contributed by atoms with Crippen LogP contribution in [0.4, 0.5) is 17.5 Å². The van der Waals surface area contributed by atoms with Crippen molar-refractivity contribution in [1.82, 2.24) is 15.3 Å². The number of nitrogen functional groups attached to an aromatic ring is 2. The summed E-state index contributed by atoms with van der Waals surface area (Å²) in [6, 6.07) is 4.32. The van der Waals surface area contributed by atoms with Gasteiger partial charge in [0, 0.05) is 49.9 Å². The highest BCUT2D eigenvalue weighted by molar-refractivity contribution is 5.80. The smallest absolute Gasteiger partial charge is 0.221 e. The molecule has 3 aliphatic rings. The Balaban J connectivity index is 1.58. The van der Waals surface area contributed by atoms with Gasteiger partial charge < -0.3 is 26.4 Å². The Morgan fingerprint density at radius 3 is 2.72 bits per heavy atom. The fraction of sp³-hybridized carbons (Fsp3) is 0.444. The van der Waals surface area contributed by atoms with E-state index in [4.69, 9.17) is 16.2 Å². The number of nitrogens with two attached hydrogens (primary N) is 2. The van der Waals surface area contributed by atoms with Crippen LogP contribution in [0.25, 0.3) is 11.1 Å². The lowest BCUT2D eigenvalue weighted by Crippen LogP contribution is -2.25. The van der Waals surface area contributed by atoms with E-state index < -0.39 is 0 Å². The van der Waals surface area contributed by atoms with Crippen LogP contribution in [0.5, 0.6) is 5.75 Å². The van der Waals surface area contributed by atoms with E-state index in [1.807, 2.05) is 0 Å². The maximum atomic E-state index is 6.09. The Kier molecular flexibility index (Phi) is 3.24. The van der Waals surface area contributed by atoms with Gasteiger partial charge in [-0.1, -0.05) is 0 Å². The van der Waals surface area contributed by atoms with Gasteiger partial charge >= 0.3 is 0 Å². The Hall–Kier alpha value is -2.54. The molecule has 3 aliphatic heterocycles. The summed E-state index contributed by atoms with van der Waals surface area (Å²) in [5.41, 5.74) is 16.0. The Morgan fingerprint density at radius 2 is 1.96 bits per heavy atom. The molecule has 0 aliphatic carbocycles. The van der Waals surface area contributed by atoms with Crippen LogP contribution in [0.15, 0.2) is 18.3 Å². The van der Waals surface area contributed by atoms with Gasteiger partial charge in [-0.05, 0) is 29.5 Å². The Morgan fingerprint density at radius 1 is 1.16 bits per heavy atom. The quantitative estimate of drug-likeness (QED) is 0.747. The first-order chi connectivity index (χ1) is 12.2. The van der Waals surface area contributed by atoms with Crippen molar-refractivity contribution in [2.24, 2.45) is 11.8 Å². The van der Waals surface area contributed by atoms with Crippen molar-refractivity contribution in [2.45, 2.75) is 6.42 Å².